The van der Waals surface area contributed by atoms with Crippen LogP contribution in [0.2, 0.25) is 0 Å². The van der Waals surface area contributed by atoms with Gasteiger partial charge in [0.05, 0.1) is 31.3 Å². The number of carboxylic acids is 1. The summed E-state index contributed by atoms with van der Waals surface area (Å²) in [5, 5.41) is 11.6. The number of carboxylic acid groups (broad SMARTS) is 1. The Kier molecular flexibility index (Phi) is 5.40. The first-order valence-corrected chi connectivity index (χ1v) is 8.88. The number of aromatic carboxylic acids is 1. The lowest BCUT2D eigenvalue weighted by atomic mass is 10.1. The molecule has 29 heavy (non-hydrogen) atoms. The minimum Gasteiger partial charge on any atom is -0.545 e. The van der Waals surface area contributed by atoms with Crippen LogP contribution in [0.25, 0.3) is 22.3 Å². The Bertz CT molecular complexity index is 1210. The third-order valence-corrected chi connectivity index (χ3v) is 4.40. The van der Waals surface area contributed by atoms with E-state index in [1.807, 2.05) is 13.8 Å². The lowest BCUT2D eigenvalue weighted by Gasteiger charge is -2.16. The van der Waals surface area contributed by atoms with Gasteiger partial charge in [-0.2, -0.15) is 0 Å². The predicted molar refractivity (Wildman–Crippen MR) is 104 cm³/mol. The Labute approximate surface area is 165 Å². The van der Waals surface area contributed by atoms with E-state index in [1.54, 1.807) is 18.2 Å². The number of aromatic nitrogens is 3. The van der Waals surface area contributed by atoms with E-state index in [9.17, 15) is 19.5 Å². The molecule has 2 aromatic heterocycles. The lowest BCUT2D eigenvalue weighted by molar-refractivity contribution is -0.254. The normalized spacial score (nSPS) is 11.1. The summed E-state index contributed by atoms with van der Waals surface area (Å²) in [5.41, 5.74) is -1.07. The maximum absolute atomic E-state index is 12.4. The predicted octanol–water partition coefficient (Wildman–Crippen LogP) is 0.788. The van der Waals surface area contributed by atoms with E-state index in [0.717, 1.165) is 0 Å². The molecule has 0 radical (unpaired) electrons. The summed E-state index contributed by atoms with van der Waals surface area (Å²) in [5.74, 6) is -0.572. The van der Waals surface area contributed by atoms with Crippen molar-refractivity contribution in [2.45, 2.75) is 20.4 Å². The number of aromatic amines is 1. The zero-order chi connectivity index (χ0) is 21.3. The van der Waals surface area contributed by atoms with Crippen LogP contribution in [-0.4, -0.2) is 34.7 Å². The second-order valence-electron chi connectivity index (χ2n) is 6.87. The summed E-state index contributed by atoms with van der Waals surface area (Å²) in [6, 6.07) is 6.20. The van der Waals surface area contributed by atoms with Crippen molar-refractivity contribution in [3.63, 3.8) is 0 Å². The van der Waals surface area contributed by atoms with Crippen LogP contribution in [0.3, 0.4) is 0 Å². The summed E-state index contributed by atoms with van der Waals surface area (Å²) in [7, 11) is 2.97. The van der Waals surface area contributed by atoms with Gasteiger partial charge >= 0.3 is 5.69 Å². The largest absolute Gasteiger partial charge is 0.545 e. The number of fused-ring (bicyclic) bond motifs is 1. The molecule has 0 atom stereocenters. The minimum absolute atomic E-state index is 0.0149. The molecule has 3 aromatic rings. The molecule has 0 aliphatic rings. The van der Waals surface area contributed by atoms with Gasteiger partial charge in [0.2, 0.25) is 0 Å². The molecule has 0 aliphatic heterocycles. The van der Waals surface area contributed by atoms with E-state index < -0.39 is 17.2 Å². The Morgan fingerprint density at radius 2 is 1.86 bits per heavy atom. The van der Waals surface area contributed by atoms with Gasteiger partial charge in [-0.3, -0.25) is 14.3 Å². The zero-order valence-electron chi connectivity index (χ0n) is 16.4. The summed E-state index contributed by atoms with van der Waals surface area (Å²) < 4.78 is 11.8. The van der Waals surface area contributed by atoms with Crippen molar-refractivity contribution in [2.75, 3.05) is 14.2 Å². The molecule has 0 spiro atoms. The van der Waals surface area contributed by atoms with Gasteiger partial charge < -0.3 is 19.4 Å². The quantitative estimate of drug-likeness (QED) is 0.650. The van der Waals surface area contributed by atoms with E-state index in [2.05, 4.69) is 9.97 Å². The van der Waals surface area contributed by atoms with Crippen LogP contribution in [0.5, 0.6) is 11.5 Å². The summed E-state index contributed by atoms with van der Waals surface area (Å²) in [6.45, 7) is 4.03. The molecular formula is C20H20N3O6-. The van der Waals surface area contributed by atoms with Crippen LogP contribution < -0.4 is 25.8 Å². The van der Waals surface area contributed by atoms with Crippen molar-refractivity contribution in [3.05, 3.63) is 50.7 Å². The monoisotopic (exact) mass is 398 g/mol. The molecule has 0 amide bonds. The molecule has 9 nitrogen and oxygen atoms in total. The van der Waals surface area contributed by atoms with Gasteiger partial charge in [-0.1, -0.05) is 13.8 Å². The number of carbonyl (C=O) groups is 1. The molecular weight excluding hydrogens is 378 g/mol. The highest BCUT2D eigenvalue weighted by Crippen LogP contribution is 2.32. The van der Waals surface area contributed by atoms with E-state index in [-0.39, 0.29) is 34.8 Å². The highest BCUT2D eigenvalue weighted by molar-refractivity contribution is 6.01. The average molecular weight is 398 g/mol. The van der Waals surface area contributed by atoms with E-state index in [4.69, 9.17) is 9.47 Å². The third-order valence-electron chi connectivity index (χ3n) is 4.40. The molecule has 2 heterocycles. The molecule has 0 saturated carbocycles. The van der Waals surface area contributed by atoms with Crippen LogP contribution in [0.4, 0.5) is 0 Å². The number of nitrogens with one attached hydrogen (secondary N) is 1. The second kappa shape index (κ2) is 7.78. The number of hydrogen-bond acceptors (Lipinski definition) is 7. The molecule has 0 bridgehead atoms. The number of nitrogens with zero attached hydrogens (tertiary/aromatic N) is 2. The number of ether oxygens (including phenoxy) is 2. The molecule has 152 valence electrons. The fourth-order valence-corrected chi connectivity index (χ4v) is 3.11. The van der Waals surface area contributed by atoms with E-state index in [0.29, 0.717) is 17.1 Å². The zero-order valence-corrected chi connectivity index (χ0v) is 16.4. The number of carbonyl (C=O) groups excluding carboxylic acids is 1. The molecule has 1 aromatic carbocycles. The average Bonchev–Trinajstić information content (AvgIpc) is 2.69. The van der Waals surface area contributed by atoms with Crippen molar-refractivity contribution in [3.8, 4) is 22.8 Å². The van der Waals surface area contributed by atoms with E-state index >= 15 is 0 Å². The molecule has 3 rings (SSSR count). The standard InChI is InChI=1S/C20H21N3O6/c1-10(2)9-23-17-16(18(24)22-20(23)27)12(19(25)26)8-13(21-17)11-5-6-14(28-3)15(7-11)29-4/h5-8,10H,9H2,1-4H3,(H,25,26)(H,22,24,27)/p-1. The number of rotatable bonds is 6. The topological polar surface area (TPSA) is 126 Å². The summed E-state index contributed by atoms with van der Waals surface area (Å²) in [6.07, 6.45) is 0. The molecule has 0 unspecified atom stereocenters. The van der Waals surface area contributed by atoms with Crippen LogP contribution in [0.1, 0.15) is 24.2 Å². The highest BCUT2D eigenvalue weighted by Gasteiger charge is 2.18. The Hall–Kier alpha value is -3.62. The second-order valence-corrected chi connectivity index (χ2v) is 6.87. The van der Waals surface area contributed by atoms with Crippen molar-refractivity contribution in [1.29, 1.82) is 0 Å². The van der Waals surface area contributed by atoms with Crippen molar-refractivity contribution in [2.24, 2.45) is 5.92 Å². The van der Waals surface area contributed by atoms with Gasteiger partial charge in [0.25, 0.3) is 5.56 Å². The number of methoxy groups -OCH3 is 2. The van der Waals surface area contributed by atoms with Gasteiger partial charge in [0.15, 0.2) is 17.1 Å². The summed E-state index contributed by atoms with van der Waals surface area (Å²) >= 11 is 0. The number of benzene rings is 1. The smallest absolute Gasteiger partial charge is 0.330 e. The van der Waals surface area contributed by atoms with Crippen molar-refractivity contribution in [1.82, 2.24) is 14.5 Å². The van der Waals surface area contributed by atoms with Gasteiger partial charge in [0.1, 0.15) is 0 Å². The first-order chi connectivity index (χ1) is 13.8. The summed E-state index contributed by atoms with van der Waals surface area (Å²) in [4.78, 5) is 43.1. The van der Waals surface area contributed by atoms with E-state index in [1.165, 1.54) is 24.9 Å². The van der Waals surface area contributed by atoms with Gasteiger partial charge in [-0.15, -0.1) is 0 Å². The third kappa shape index (κ3) is 3.71. The molecule has 0 saturated heterocycles. The first-order valence-electron chi connectivity index (χ1n) is 8.88. The van der Waals surface area contributed by atoms with Crippen LogP contribution in [-0.2, 0) is 6.54 Å². The van der Waals surface area contributed by atoms with Gasteiger partial charge in [-0.05, 0) is 30.2 Å². The van der Waals surface area contributed by atoms with Crippen LogP contribution in [0.15, 0.2) is 33.9 Å². The number of pyridine rings is 1. The maximum Gasteiger partial charge on any atom is 0.330 e. The van der Waals surface area contributed by atoms with Crippen molar-refractivity contribution < 1.29 is 19.4 Å². The SMILES string of the molecule is COc1ccc(-c2cc(C(=O)[O-])c3c(=O)[nH]c(=O)n(CC(C)C)c3n2)cc1OC. The first kappa shape index (κ1) is 20.1. The maximum atomic E-state index is 12.4. The van der Waals surface area contributed by atoms with Crippen molar-refractivity contribution >= 4 is 17.0 Å². The molecule has 0 fully saturated rings. The number of hydrogen-bond donors (Lipinski definition) is 1. The minimum atomic E-state index is -1.54. The Morgan fingerprint density at radius 1 is 1.17 bits per heavy atom. The molecule has 0 aliphatic carbocycles. The molecule has 9 heteroatoms. The lowest BCUT2D eigenvalue weighted by Crippen LogP contribution is -2.34. The van der Waals surface area contributed by atoms with Crippen LogP contribution in [0, 0.1) is 5.92 Å². The van der Waals surface area contributed by atoms with Gasteiger partial charge in [0, 0.05) is 17.7 Å². The highest BCUT2D eigenvalue weighted by atomic mass is 16.5. The Morgan fingerprint density at radius 3 is 2.45 bits per heavy atom. The fourth-order valence-electron chi connectivity index (χ4n) is 3.11. The number of H-pyrrole nitrogens is 1. The molecule has 1 N–H and O–H groups in total. The Balaban J connectivity index is 2.40. The van der Waals surface area contributed by atoms with Crippen LogP contribution >= 0.6 is 0 Å². The fraction of sp³-hybridized carbons (Fsp3) is 0.300. The van der Waals surface area contributed by atoms with Gasteiger partial charge in [-0.25, -0.2) is 9.78 Å².